The topological polar surface area (TPSA) is 121 Å². The number of piperazine rings is 1. The molecule has 0 unspecified atom stereocenters. The van der Waals surface area contributed by atoms with Gasteiger partial charge >= 0.3 is 0 Å². The van der Waals surface area contributed by atoms with Crippen molar-refractivity contribution >= 4 is 31.2 Å². The lowest BCUT2D eigenvalue weighted by Gasteiger charge is -2.38. The first-order valence-corrected chi connectivity index (χ1v) is 14.4. The molecule has 12 heteroatoms. The standard InChI is InChI=1S/C20H30N4O6S2/c25-24(26)20-15-18(32(29,30)23-8-3-1-2-4-9-23)5-6-19(20)22-12-10-21(11-13-22)17-7-14-31(27,28)16-17/h5-6,15,17H,1-4,7-14,16H2/t17-/m1/s1. The van der Waals surface area contributed by atoms with Crippen LogP contribution in [0.3, 0.4) is 0 Å². The molecule has 1 aromatic rings. The second-order valence-electron chi connectivity index (χ2n) is 8.81. The summed E-state index contributed by atoms with van der Waals surface area (Å²) in [5.41, 5.74) is 0.196. The Labute approximate surface area is 189 Å². The number of sulfonamides is 1. The summed E-state index contributed by atoms with van der Waals surface area (Å²) in [6.45, 7) is 3.16. The number of rotatable bonds is 5. The maximum atomic E-state index is 13.1. The summed E-state index contributed by atoms with van der Waals surface area (Å²) in [7, 11) is -6.74. The molecular formula is C20H30N4O6S2. The second-order valence-corrected chi connectivity index (χ2v) is 13.0. The molecule has 0 spiro atoms. The van der Waals surface area contributed by atoms with Crippen LogP contribution in [0, 0.1) is 10.1 Å². The molecule has 32 heavy (non-hydrogen) atoms. The second kappa shape index (κ2) is 9.24. The molecule has 3 fully saturated rings. The molecule has 4 rings (SSSR count). The van der Waals surface area contributed by atoms with E-state index in [0.29, 0.717) is 51.4 Å². The number of hydrogen-bond acceptors (Lipinski definition) is 8. The average molecular weight is 487 g/mol. The first kappa shape index (κ1) is 23.4. The fourth-order valence-electron chi connectivity index (χ4n) is 4.90. The highest BCUT2D eigenvalue weighted by Crippen LogP contribution is 2.33. The highest BCUT2D eigenvalue weighted by atomic mass is 32.2. The average Bonchev–Trinajstić information content (AvgIpc) is 2.95. The van der Waals surface area contributed by atoms with E-state index in [0.717, 1.165) is 25.7 Å². The lowest BCUT2D eigenvalue weighted by atomic mass is 10.1. The Morgan fingerprint density at radius 2 is 1.62 bits per heavy atom. The van der Waals surface area contributed by atoms with E-state index in [2.05, 4.69) is 4.90 Å². The number of nitro groups is 1. The number of anilines is 1. The molecular weight excluding hydrogens is 456 g/mol. The molecule has 0 amide bonds. The van der Waals surface area contributed by atoms with Crippen LogP contribution in [-0.4, -0.2) is 87.8 Å². The van der Waals surface area contributed by atoms with Crippen LogP contribution in [0.15, 0.2) is 23.1 Å². The molecule has 0 radical (unpaired) electrons. The zero-order chi connectivity index (χ0) is 22.9. The summed E-state index contributed by atoms with van der Waals surface area (Å²) in [6.07, 6.45) is 4.21. The third-order valence-corrected chi connectivity index (χ3v) is 10.4. The van der Waals surface area contributed by atoms with Gasteiger partial charge in [-0.25, -0.2) is 16.8 Å². The molecule has 3 aliphatic rings. The summed E-state index contributed by atoms with van der Waals surface area (Å²) in [6, 6.07) is 4.21. The van der Waals surface area contributed by atoms with Gasteiger partial charge in [-0.1, -0.05) is 12.8 Å². The van der Waals surface area contributed by atoms with Crippen molar-refractivity contribution < 1.29 is 21.8 Å². The molecule has 3 heterocycles. The Balaban J connectivity index is 1.51. The van der Waals surface area contributed by atoms with Crippen molar-refractivity contribution in [2.75, 3.05) is 55.7 Å². The number of sulfone groups is 1. The van der Waals surface area contributed by atoms with Crippen molar-refractivity contribution in [3.63, 3.8) is 0 Å². The lowest BCUT2D eigenvalue weighted by molar-refractivity contribution is -0.384. The van der Waals surface area contributed by atoms with Crippen molar-refractivity contribution in [1.29, 1.82) is 0 Å². The van der Waals surface area contributed by atoms with E-state index in [9.17, 15) is 26.9 Å². The summed E-state index contributed by atoms with van der Waals surface area (Å²) >= 11 is 0. The van der Waals surface area contributed by atoms with E-state index in [1.165, 1.54) is 16.4 Å². The quantitative estimate of drug-likeness (QED) is 0.453. The SMILES string of the molecule is O=[N+]([O-])c1cc(S(=O)(=O)N2CCCCCC2)ccc1N1CCN([C@@H]2CCS(=O)(=O)C2)CC1. The minimum absolute atomic E-state index is 0.0123. The molecule has 0 aliphatic carbocycles. The Morgan fingerprint density at radius 3 is 2.19 bits per heavy atom. The summed E-state index contributed by atoms with van der Waals surface area (Å²) in [5.74, 6) is 0.395. The molecule has 1 aromatic carbocycles. The van der Waals surface area contributed by atoms with Crippen LogP contribution in [0.4, 0.5) is 11.4 Å². The fraction of sp³-hybridized carbons (Fsp3) is 0.700. The van der Waals surface area contributed by atoms with E-state index < -0.39 is 24.8 Å². The maximum Gasteiger partial charge on any atom is 0.293 e. The van der Waals surface area contributed by atoms with Crippen LogP contribution >= 0.6 is 0 Å². The summed E-state index contributed by atoms with van der Waals surface area (Å²) in [4.78, 5) is 15.3. The Hall–Kier alpha value is -1.76. The predicted molar refractivity (Wildman–Crippen MR) is 121 cm³/mol. The third-order valence-electron chi connectivity index (χ3n) is 6.73. The predicted octanol–water partition coefficient (Wildman–Crippen LogP) is 1.47. The zero-order valence-corrected chi connectivity index (χ0v) is 19.7. The van der Waals surface area contributed by atoms with Gasteiger partial charge in [0.05, 0.1) is 21.3 Å². The van der Waals surface area contributed by atoms with Gasteiger partial charge in [0.2, 0.25) is 10.0 Å². The van der Waals surface area contributed by atoms with Gasteiger partial charge in [0, 0.05) is 51.4 Å². The molecule has 0 saturated carbocycles. The molecule has 178 valence electrons. The van der Waals surface area contributed by atoms with Gasteiger partial charge in [0.15, 0.2) is 9.84 Å². The van der Waals surface area contributed by atoms with Gasteiger partial charge in [0.1, 0.15) is 5.69 Å². The Bertz CT molecular complexity index is 1060. The van der Waals surface area contributed by atoms with E-state index in [1.54, 1.807) is 6.07 Å². The first-order chi connectivity index (χ1) is 15.2. The van der Waals surface area contributed by atoms with Gasteiger partial charge in [-0.2, -0.15) is 4.31 Å². The molecule has 10 nitrogen and oxygen atoms in total. The fourth-order valence-corrected chi connectivity index (χ4v) is 8.20. The number of nitrogens with zero attached hydrogens (tertiary/aromatic N) is 4. The number of nitro benzene ring substituents is 1. The minimum atomic E-state index is -3.77. The van der Waals surface area contributed by atoms with Crippen molar-refractivity contribution in [2.24, 2.45) is 0 Å². The van der Waals surface area contributed by atoms with Crippen LogP contribution in [0.1, 0.15) is 32.1 Å². The highest BCUT2D eigenvalue weighted by Gasteiger charge is 2.35. The third kappa shape index (κ3) is 4.92. The van der Waals surface area contributed by atoms with Gasteiger partial charge in [-0.3, -0.25) is 15.0 Å². The maximum absolute atomic E-state index is 13.1. The zero-order valence-electron chi connectivity index (χ0n) is 18.1. The molecule has 3 aliphatic heterocycles. The molecule has 1 atom stereocenters. The van der Waals surface area contributed by atoms with E-state index in [1.807, 2.05) is 4.90 Å². The number of benzene rings is 1. The van der Waals surface area contributed by atoms with Crippen LogP contribution in [0.5, 0.6) is 0 Å². The van der Waals surface area contributed by atoms with Crippen LogP contribution in [0.25, 0.3) is 0 Å². The molecule has 0 N–H and O–H groups in total. The summed E-state index contributed by atoms with van der Waals surface area (Å²) in [5, 5.41) is 11.8. The summed E-state index contributed by atoms with van der Waals surface area (Å²) < 4.78 is 51.1. The van der Waals surface area contributed by atoms with E-state index >= 15 is 0 Å². The van der Waals surface area contributed by atoms with Crippen molar-refractivity contribution in [2.45, 2.75) is 43.0 Å². The lowest BCUT2D eigenvalue weighted by Crippen LogP contribution is -2.50. The monoisotopic (exact) mass is 486 g/mol. The van der Waals surface area contributed by atoms with Crippen LogP contribution < -0.4 is 4.90 Å². The largest absolute Gasteiger partial charge is 0.363 e. The van der Waals surface area contributed by atoms with Gasteiger partial charge in [-0.15, -0.1) is 0 Å². The van der Waals surface area contributed by atoms with Gasteiger partial charge < -0.3 is 4.90 Å². The van der Waals surface area contributed by atoms with Gasteiger partial charge in [0.25, 0.3) is 5.69 Å². The molecule has 0 bridgehead atoms. The Morgan fingerprint density at radius 1 is 0.969 bits per heavy atom. The smallest absolute Gasteiger partial charge is 0.293 e. The highest BCUT2D eigenvalue weighted by molar-refractivity contribution is 7.91. The van der Waals surface area contributed by atoms with Crippen molar-refractivity contribution in [3.05, 3.63) is 28.3 Å². The minimum Gasteiger partial charge on any atom is -0.363 e. The van der Waals surface area contributed by atoms with E-state index in [4.69, 9.17) is 0 Å². The number of hydrogen-bond donors (Lipinski definition) is 0. The molecule has 3 saturated heterocycles. The normalized spacial score (nSPS) is 25.5. The van der Waals surface area contributed by atoms with Crippen LogP contribution in [0.2, 0.25) is 0 Å². The first-order valence-electron chi connectivity index (χ1n) is 11.2. The van der Waals surface area contributed by atoms with Crippen molar-refractivity contribution in [3.8, 4) is 0 Å². The van der Waals surface area contributed by atoms with Gasteiger partial charge in [-0.05, 0) is 31.4 Å². The molecule has 0 aromatic heterocycles. The Kier molecular flexibility index (Phi) is 6.76. The van der Waals surface area contributed by atoms with E-state index in [-0.39, 0.29) is 28.1 Å². The van der Waals surface area contributed by atoms with Crippen molar-refractivity contribution in [1.82, 2.24) is 9.21 Å². The van der Waals surface area contributed by atoms with Crippen LogP contribution in [-0.2, 0) is 19.9 Å².